The number of rotatable bonds is 4. The van der Waals surface area contributed by atoms with Gasteiger partial charge in [0.15, 0.2) is 5.65 Å². The largest absolute Gasteiger partial charge is 0.497 e. The first-order valence-electron chi connectivity index (χ1n) is 8.66. The van der Waals surface area contributed by atoms with Crippen molar-refractivity contribution in [2.45, 2.75) is 0 Å². The van der Waals surface area contributed by atoms with Crippen LogP contribution in [0.2, 0.25) is 0 Å². The van der Waals surface area contributed by atoms with E-state index >= 15 is 0 Å². The van der Waals surface area contributed by atoms with E-state index in [9.17, 15) is 0 Å². The highest BCUT2D eigenvalue weighted by Crippen LogP contribution is 2.28. The van der Waals surface area contributed by atoms with Crippen LogP contribution in [0.25, 0.3) is 22.2 Å². The molecule has 5 rings (SSSR count). The maximum absolute atomic E-state index is 5.30. The lowest BCUT2D eigenvalue weighted by Gasteiger charge is -2.10. The summed E-state index contributed by atoms with van der Waals surface area (Å²) in [6, 6.07) is 25.9. The molecule has 2 aromatic heterocycles. The molecule has 1 N–H and O–H groups in total. The predicted octanol–water partition coefficient (Wildman–Crippen LogP) is 4.43. The SMILES string of the molecule is COc1ccc(-n2c(Nc3ccccc3)nn3nc4ccccc4c23)cc1. The van der Waals surface area contributed by atoms with E-state index in [0.717, 1.165) is 33.7 Å². The molecule has 0 bridgehead atoms. The van der Waals surface area contributed by atoms with E-state index in [0.29, 0.717) is 5.95 Å². The highest BCUT2D eigenvalue weighted by atomic mass is 16.5. The number of benzene rings is 3. The zero-order valence-corrected chi connectivity index (χ0v) is 14.7. The molecule has 0 radical (unpaired) electrons. The van der Waals surface area contributed by atoms with Gasteiger partial charge in [0.05, 0.1) is 18.3 Å². The van der Waals surface area contributed by atoms with Crippen molar-refractivity contribution < 1.29 is 4.74 Å². The summed E-state index contributed by atoms with van der Waals surface area (Å²) in [4.78, 5) is 0. The second-order valence-corrected chi connectivity index (χ2v) is 6.18. The van der Waals surface area contributed by atoms with E-state index in [-0.39, 0.29) is 0 Å². The predicted molar refractivity (Wildman–Crippen MR) is 106 cm³/mol. The summed E-state index contributed by atoms with van der Waals surface area (Å²) in [5.41, 5.74) is 3.76. The van der Waals surface area contributed by atoms with E-state index < -0.39 is 0 Å². The lowest BCUT2D eigenvalue weighted by Crippen LogP contribution is -2.02. The Labute approximate surface area is 155 Å². The van der Waals surface area contributed by atoms with Crippen molar-refractivity contribution >= 4 is 28.2 Å². The molecule has 0 aliphatic carbocycles. The van der Waals surface area contributed by atoms with Crippen molar-refractivity contribution in [1.82, 2.24) is 19.4 Å². The molecule has 5 aromatic rings. The van der Waals surface area contributed by atoms with Gasteiger partial charge in [-0.25, -0.2) is 0 Å². The van der Waals surface area contributed by atoms with Crippen molar-refractivity contribution in [3.05, 3.63) is 78.9 Å². The third-order valence-corrected chi connectivity index (χ3v) is 4.51. The number of methoxy groups -OCH3 is 1. The van der Waals surface area contributed by atoms with Crippen LogP contribution in [0.5, 0.6) is 5.75 Å². The molecule has 0 aliphatic rings. The van der Waals surface area contributed by atoms with Crippen molar-refractivity contribution in [2.24, 2.45) is 0 Å². The Balaban J connectivity index is 1.75. The zero-order chi connectivity index (χ0) is 18.2. The molecule has 0 aliphatic heterocycles. The molecular weight excluding hydrogens is 338 g/mol. The molecule has 132 valence electrons. The Morgan fingerprint density at radius 1 is 0.815 bits per heavy atom. The summed E-state index contributed by atoms with van der Waals surface area (Å²) in [5.74, 6) is 1.51. The fourth-order valence-corrected chi connectivity index (χ4v) is 3.23. The van der Waals surface area contributed by atoms with Gasteiger partial charge in [-0.2, -0.15) is 0 Å². The Morgan fingerprint density at radius 3 is 2.33 bits per heavy atom. The van der Waals surface area contributed by atoms with E-state index in [1.165, 1.54) is 0 Å². The molecular formula is C21H17N5O. The quantitative estimate of drug-likeness (QED) is 0.518. The Morgan fingerprint density at radius 2 is 1.56 bits per heavy atom. The van der Waals surface area contributed by atoms with E-state index in [2.05, 4.69) is 21.0 Å². The average molecular weight is 355 g/mol. The third-order valence-electron chi connectivity index (χ3n) is 4.51. The van der Waals surface area contributed by atoms with Crippen LogP contribution >= 0.6 is 0 Å². The first kappa shape index (κ1) is 15.5. The van der Waals surface area contributed by atoms with Gasteiger partial charge in [-0.3, -0.25) is 4.57 Å². The maximum atomic E-state index is 5.30. The summed E-state index contributed by atoms with van der Waals surface area (Å²) in [7, 11) is 1.66. The minimum atomic E-state index is 0.694. The second kappa shape index (κ2) is 6.17. The smallest absolute Gasteiger partial charge is 0.234 e. The van der Waals surface area contributed by atoms with Gasteiger partial charge in [0, 0.05) is 11.1 Å². The first-order chi connectivity index (χ1) is 13.3. The average Bonchev–Trinajstić information content (AvgIpc) is 3.24. The summed E-state index contributed by atoms with van der Waals surface area (Å²) in [5, 5.41) is 13.8. The van der Waals surface area contributed by atoms with Crippen molar-refractivity contribution in [3.63, 3.8) is 0 Å². The third kappa shape index (κ3) is 2.58. The Hall–Kier alpha value is -3.80. The van der Waals surface area contributed by atoms with Gasteiger partial charge in [0.1, 0.15) is 5.75 Å². The van der Waals surface area contributed by atoms with Gasteiger partial charge >= 0.3 is 0 Å². The molecule has 6 heteroatoms. The highest BCUT2D eigenvalue weighted by Gasteiger charge is 2.18. The first-order valence-corrected chi connectivity index (χ1v) is 8.66. The maximum Gasteiger partial charge on any atom is 0.234 e. The van der Waals surface area contributed by atoms with Crippen molar-refractivity contribution in [2.75, 3.05) is 12.4 Å². The molecule has 2 heterocycles. The van der Waals surface area contributed by atoms with Crippen molar-refractivity contribution in [3.8, 4) is 11.4 Å². The van der Waals surface area contributed by atoms with Crippen molar-refractivity contribution in [1.29, 1.82) is 0 Å². The van der Waals surface area contributed by atoms with E-state index in [1.54, 1.807) is 11.7 Å². The number of nitrogens with one attached hydrogen (secondary N) is 1. The van der Waals surface area contributed by atoms with Gasteiger partial charge in [-0.05, 0) is 48.5 Å². The number of fused-ring (bicyclic) bond motifs is 3. The summed E-state index contributed by atoms with van der Waals surface area (Å²) in [6.45, 7) is 0. The van der Waals surface area contributed by atoms with Gasteiger partial charge < -0.3 is 10.1 Å². The van der Waals surface area contributed by atoms with Gasteiger partial charge in [-0.15, -0.1) is 14.8 Å². The minimum Gasteiger partial charge on any atom is -0.497 e. The van der Waals surface area contributed by atoms with Gasteiger partial charge in [0.25, 0.3) is 0 Å². The van der Waals surface area contributed by atoms with Gasteiger partial charge in [-0.1, -0.05) is 30.3 Å². The summed E-state index contributed by atoms with van der Waals surface area (Å²) < 4.78 is 9.05. The lowest BCUT2D eigenvalue weighted by molar-refractivity contribution is 0.415. The van der Waals surface area contributed by atoms with Crippen LogP contribution in [0.3, 0.4) is 0 Å². The van der Waals surface area contributed by atoms with Crippen LogP contribution in [-0.2, 0) is 0 Å². The highest BCUT2D eigenvalue weighted by molar-refractivity contribution is 5.93. The standard InChI is InChI=1S/C21H17N5O/c1-27-17-13-11-16(12-14-17)25-20-18-9-5-6-10-19(18)23-26(20)24-21(25)22-15-7-3-2-4-8-15/h2-14H,1H3,(H,22,24). The molecule has 0 saturated carbocycles. The van der Waals surface area contributed by atoms with Crippen LogP contribution < -0.4 is 10.1 Å². The monoisotopic (exact) mass is 355 g/mol. The van der Waals surface area contributed by atoms with Crippen LogP contribution in [0.4, 0.5) is 11.6 Å². The molecule has 0 unspecified atom stereocenters. The molecule has 0 spiro atoms. The molecule has 0 amide bonds. The Kier molecular flexibility index (Phi) is 3.53. The number of anilines is 2. The number of aromatic nitrogens is 4. The molecule has 0 atom stereocenters. The van der Waals surface area contributed by atoms with Crippen LogP contribution in [-0.4, -0.2) is 26.5 Å². The fourth-order valence-electron chi connectivity index (χ4n) is 3.23. The topological polar surface area (TPSA) is 56.4 Å². The fraction of sp³-hybridized carbons (Fsp3) is 0.0476. The number of hydrogen-bond donors (Lipinski definition) is 1. The summed E-state index contributed by atoms with van der Waals surface area (Å²) in [6.07, 6.45) is 0. The minimum absolute atomic E-state index is 0.694. The molecule has 27 heavy (non-hydrogen) atoms. The van der Waals surface area contributed by atoms with Crippen LogP contribution in [0.15, 0.2) is 78.9 Å². The molecule has 0 fully saturated rings. The summed E-state index contributed by atoms with van der Waals surface area (Å²) >= 11 is 0. The van der Waals surface area contributed by atoms with Crippen LogP contribution in [0, 0.1) is 0 Å². The van der Waals surface area contributed by atoms with Crippen LogP contribution in [0.1, 0.15) is 0 Å². The molecule has 6 nitrogen and oxygen atoms in total. The molecule has 3 aromatic carbocycles. The number of nitrogens with zero attached hydrogens (tertiary/aromatic N) is 4. The Bertz CT molecular complexity index is 1220. The number of ether oxygens (including phenoxy) is 1. The molecule has 0 saturated heterocycles. The zero-order valence-electron chi connectivity index (χ0n) is 14.7. The second-order valence-electron chi connectivity index (χ2n) is 6.18. The van der Waals surface area contributed by atoms with E-state index in [1.807, 2.05) is 72.8 Å². The number of hydrogen-bond acceptors (Lipinski definition) is 4. The normalized spacial score (nSPS) is 11.1. The van der Waals surface area contributed by atoms with E-state index in [4.69, 9.17) is 9.84 Å². The van der Waals surface area contributed by atoms with Gasteiger partial charge in [0.2, 0.25) is 5.95 Å². The number of para-hydroxylation sites is 1. The lowest BCUT2D eigenvalue weighted by atomic mass is 10.2.